The van der Waals surface area contributed by atoms with Crippen molar-refractivity contribution < 1.29 is 13.2 Å². The molecule has 0 radical (unpaired) electrons. The molecule has 1 aliphatic rings. The first-order valence-electron chi connectivity index (χ1n) is 9.97. The van der Waals surface area contributed by atoms with E-state index in [9.17, 15) is 13.2 Å². The van der Waals surface area contributed by atoms with E-state index in [1.165, 1.54) is 22.9 Å². The monoisotopic (exact) mass is 453 g/mol. The smallest absolute Gasteiger partial charge is 0.275 e. The molecule has 1 aliphatic heterocycles. The first kappa shape index (κ1) is 21.8. The lowest BCUT2D eigenvalue weighted by Crippen LogP contribution is -2.46. The lowest BCUT2D eigenvalue weighted by Gasteiger charge is -2.31. The van der Waals surface area contributed by atoms with Crippen LogP contribution in [0.15, 0.2) is 59.9 Å². The summed E-state index contributed by atoms with van der Waals surface area (Å²) in [5.41, 5.74) is 7.80. The number of nitrogens with one attached hydrogen (secondary N) is 1. The van der Waals surface area contributed by atoms with Gasteiger partial charge in [0.25, 0.3) is 5.91 Å². The van der Waals surface area contributed by atoms with Crippen LogP contribution in [0, 0.1) is 0 Å². The fourth-order valence-electron chi connectivity index (χ4n) is 3.32. The van der Waals surface area contributed by atoms with E-state index in [1.54, 1.807) is 36.4 Å². The molecule has 10 nitrogen and oxygen atoms in total. The fourth-order valence-corrected chi connectivity index (χ4v) is 4.74. The summed E-state index contributed by atoms with van der Waals surface area (Å²) in [6.45, 7) is 2.36. The normalized spacial score (nSPS) is 15.4. The van der Waals surface area contributed by atoms with E-state index in [4.69, 9.17) is 5.73 Å². The maximum absolute atomic E-state index is 12.9. The van der Waals surface area contributed by atoms with Crippen LogP contribution in [-0.4, -0.2) is 71.7 Å². The van der Waals surface area contributed by atoms with Gasteiger partial charge in [0.05, 0.1) is 22.5 Å². The zero-order valence-corrected chi connectivity index (χ0v) is 18.3. The number of hydrogen-bond acceptors (Lipinski definition) is 8. The number of likely N-dealkylation sites (N-methyl/N-ethyl adjacent to an activating group) is 1. The minimum absolute atomic E-state index is 0.133. The largest absolute Gasteiger partial charge is 0.382 e. The average Bonchev–Trinajstić information content (AvgIpc) is 2.81. The molecule has 3 heterocycles. The lowest BCUT2D eigenvalue weighted by atomic mass is 10.1. The molecule has 166 valence electrons. The van der Waals surface area contributed by atoms with Gasteiger partial charge in [0, 0.05) is 44.1 Å². The Balaban J connectivity index is 1.49. The van der Waals surface area contributed by atoms with Crippen LogP contribution in [0.5, 0.6) is 0 Å². The first-order valence-corrected chi connectivity index (χ1v) is 11.4. The molecule has 1 saturated heterocycles. The summed E-state index contributed by atoms with van der Waals surface area (Å²) >= 11 is 0. The third-order valence-electron chi connectivity index (χ3n) is 5.22. The minimum Gasteiger partial charge on any atom is -0.382 e. The summed E-state index contributed by atoms with van der Waals surface area (Å²) in [5.74, 6) is -0.313. The van der Waals surface area contributed by atoms with Gasteiger partial charge >= 0.3 is 0 Å². The van der Waals surface area contributed by atoms with Gasteiger partial charge in [-0.3, -0.25) is 9.78 Å². The molecule has 3 aromatic rings. The second-order valence-corrected chi connectivity index (χ2v) is 9.34. The van der Waals surface area contributed by atoms with Gasteiger partial charge in [0.1, 0.15) is 11.5 Å². The number of rotatable bonds is 5. The van der Waals surface area contributed by atoms with Gasteiger partial charge in [-0.2, -0.15) is 4.31 Å². The summed E-state index contributed by atoms with van der Waals surface area (Å²) in [4.78, 5) is 26.7. The van der Waals surface area contributed by atoms with Crippen molar-refractivity contribution in [1.82, 2.24) is 24.2 Å². The number of amides is 1. The Morgan fingerprint density at radius 1 is 1.03 bits per heavy atom. The van der Waals surface area contributed by atoms with Gasteiger partial charge < -0.3 is 16.0 Å². The van der Waals surface area contributed by atoms with Gasteiger partial charge in [0.2, 0.25) is 10.0 Å². The molecule has 0 saturated carbocycles. The molecule has 2 aromatic heterocycles. The number of aromatic nitrogens is 3. The number of nitrogens with zero attached hydrogens (tertiary/aromatic N) is 5. The van der Waals surface area contributed by atoms with E-state index in [0.717, 1.165) is 0 Å². The summed E-state index contributed by atoms with van der Waals surface area (Å²) in [6.07, 6.45) is 4.25. The third kappa shape index (κ3) is 4.59. The predicted octanol–water partition coefficient (Wildman–Crippen LogP) is 1.31. The van der Waals surface area contributed by atoms with Crippen LogP contribution in [-0.2, 0) is 10.0 Å². The molecule has 0 aliphatic carbocycles. The number of pyridine rings is 1. The SMILES string of the molecule is CN1CCN(S(=O)(=O)c2ccc(-c3ccc(NC(=O)c4cnccn4)c(N)n3)cc2)CC1. The van der Waals surface area contributed by atoms with Crippen LogP contribution < -0.4 is 11.1 Å². The highest BCUT2D eigenvalue weighted by Crippen LogP contribution is 2.26. The molecule has 32 heavy (non-hydrogen) atoms. The van der Waals surface area contributed by atoms with Crippen LogP contribution in [0.3, 0.4) is 0 Å². The van der Waals surface area contributed by atoms with Gasteiger partial charge in [-0.15, -0.1) is 0 Å². The number of nitrogens with two attached hydrogens (primary N) is 1. The number of sulfonamides is 1. The molecule has 3 N–H and O–H groups in total. The van der Waals surface area contributed by atoms with Crippen LogP contribution in [0.4, 0.5) is 11.5 Å². The summed E-state index contributed by atoms with van der Waals surface area (Å²) in [7, 11) is -1.56. The Morgan fingerprint density at radius 3 is 2.38 bits per heavy atom. The second-order valence-electron chi connectivity index (χ2n) is 7.41. The van der Waals surface area contributed by atoms with Crippen molar-refractivity contribution in [2.45, 2.75) is 4.90 Å². The summed E-state index contributed by atoms with van der Waals surface area (Å²) < 4.78 is 27.3. The second kappa shape index (κ2) is 8.99. The van der Waals surface area contributed by atoms with Crippen LogP contribution >= 0.6 is 0 Å². The average molecular weight is 454 g/mol. The Labute approximate surface area is 186 Å². The molecule has 0 bridgehead atoms. The zero-order valence-electron chi connectivity index (χ0n) is 17.5. The quantitative estimate of drug-likeness (QED) is 0.590. The van der Waals surface area contributed by atoms with Crippen molar-refractivity contribution in [2.75, 3.05) is 44.3 Å². The highest BCUT2D eigenvalue weighted by molar-refractivity contribution is 7.89. The van der Waals surface area contributed by atoms with E-state index in [-0.39, 0.29) is 16.4 Å². The summed E-state index contributed by atoms with van der Waals surface area (Å²) in [5, 5.41) is 2.66. The Kier molecular flexibility index (Phi) is 6.12. The molecule has 4 rings (SSSR count). The number of benzene rings is 1. The minimum atomic E-state index is -3.54. The molecular weight excluding hydrogens is 430 g/mol. The van der Waals surface area contributed by atoms with Crippen LogP contribution in [0.1, 0.15) is 10.5 Å². The number of hydrogen-bond donors (Lipinski definition) is 2. The van der Waals surface area contributed by atoms with E-state index in [2.05, 4.69) is 25.2 Å². The predicted molar refractivity (Wildman–Crippen MR) is 120 cm³/mol. The molecule has 0 spiro atoms. The van der Waals surface area contributed by atoms with Crippen molar-refractivity contribution in [3.8, 4) is 11.3 Å². The number of carbonyl (C=O) groups is 1. The standard InChI is InChI=1S/C21H23N7O3S/c1-27-10-12-28(13-11-27)32(30,31)16-4-2-15(3-5-16)17-6-7-18(20(22)25-17)26-21(29)19-14-23-8-9-24-19/h2-9,14H,10-13H2,1H3,(H2,22,25)(H,26,29). The van der Waals surface area contributed by atoms with Gasteiger partial charge in [-0.25, -0.2) is 18.4 Å². The number of nitrogen functional groups attached to an aromatic ring is 1. The molecule has 1 fully saturated rings. The highest BCUT2D eigenvalue weighted by atomic mass is 32.2. The van der Waals surface area contributed by atoms with E-state index < -0.39 is 15.9 Å². The lowest BCUT2D eigenvalue weighted by molar-refractivity contribution is 0.102. The van der Waals surface area contributed by atoms with Gasteiger partial charge in [-0.1, -0.05) is 12.1 Å². The van der Waals surface area contributed by atoms with Crippen molar-refractivity contribution in [2.24, 2.45) is 0 Å². The van der Waals surface area contributed by atoms with Crippen molar-refractivity contribution in [1.29, 1.82) is 0 Å². The maximum atomic E-state index is 12.9. The topological polar surface area (TPSA) is 134 Å². The molecular formula is C21H23N7O3S. The highest BCUT2D eigenvalue weighted by Gasteiger charge is 2.27. The maximum Gasteiger partial charge on any atom is 0.275 e. The number of piperazine rings is 1. The van der Waals surface area contributed by atoms with Crippen molar-refractivity contribution in [3.05, 3.63) is 60.7 Å². The molecule has 1 aromatic carbocycles. The molecule has 1 amide bonds. The zero-order chi connectivity index (χ0) is 22.7. The first-order chi connectivity index (χ1) is 15.3. The van der Waals surface area contributed by atoms with E-state index >= 15 is 0 Å². The van der Waals surface area contributed by atoms with Crippen LogP contribution in [0.25, 0.3) is 11.3 Å². The van der Waals surface area contributed by atoms with Crippen LogP contribution in [0.2, 0.25) is 0 Å². The van der Waals surface area contributed by atoms with Crippen molar-refractivity contribution >= 4 is 27.4 Å². The van der Waals surface area contributed by atoms with E-state index in [0.29, 0.717) is 43.1 Å². The third-order valence-corrected chi connectivity index (χ3v) is 7.13. The fraction of sp³-hybridized carbons (Fsp3) is 0.238. The Bertz CT molecular complexity index is 1210. The molecule has 0 unspecified atom stereocenters. The Morgan fingerprint density at radius 2 is 1.75 bits per heavy atom. The van der Waals surface area contributed by atoms with Crippen molar-refractivity contribution in [3.63, 3.8) is 0 Å². The summed E-state index contributed by atoms with van der Waals surface area (Å²) in [6, 6.07) is 9.88. The number of carbonyl (C=O) groups excluding carboxylic acids is 1. The molecule has 0 atom stereocenters. The number of anilines is 2. The van der Waals surface area contributed by atoms with Gasteiger partial charge in [0.15, 0.2) is 0 Å². The Hall–Kier alpha value is -3.41. The van der Waals surface area contributed by atoms with E-state index in [1.807, 2.05) is 7.05 Å². The van der Waals surface area contributed by atoms with Gasteiger partial charge in [-0.05, 0) is 31.3 Å². The molecule has 11 heteroatoms.